The molecule has 212 valence electrons. The van der Waals surface area contributed by atoms with Gasteiger partial charge in [-0.2, -0.15) is 5.26 Å². The second-order valence-electron chi connectivity index (χ2n) is 11.4. The number of imidazole rings is 1. The topological polar surface area (TPSA) is 54.0 Å². The minimum atomic E-state index is 0.696. The number of benzene rings is 3. The number of nitriles is 1. The summed E-state index contributed by atoms with van der Waals surface area (Å²) >= 11 is 0. The largest absolute Gasteiger partial charge is 0.369 e. The molecule has 0 amide bonds. The highest BCUT2D eigenvalue weighted by Gasteiger charge is 2.27. The quantitative estimate of drug-likeness (QED) is 0.281. The van der Waals surface area contributed by atoms with Crippen molar-refractivity contribution in [3.05, 3.63) is 102 Å². The summed E-state index contributed by atoms with van der Waals surface area (Å²) < 4.78 is 2.28. The summed E-state index contributed by atoms with van der Waals surface area (Å²) in [6.07, 6.45) is 0.905. The van der Waals surface area contributed by atoms with Crippen LogP contribution in [0.2, 0.25) is 0 Å². The third-order valence-electron chi connectivity index (χ3n) is 9.08. The summed E-state index contributed by atoms with van der Waals surface area (Å²) in [4.78, 5) is 15.1. The smallest absolute Gasteiger partial charge is 0.157 e. The van der Waals surface area contributed by atoms with Crippen molar-refractivity contribution in [3.63, 3.8) is 0 Å². The van der Waals surface area contributed by atoms with Crippen molar-refractivity contribution in [2.45, 2.75) is 13.3 Å². The number of anilines is 3. The molecule has 2 saturated heterocycles. The van der Waals surface area contributed by atoms with Gasteiger partial charge < -0.3 is 14.7 Å². The first-order valence-electron chi connectivity index (χ1n) is 15.1. The van der Waals surface area contributed by atoms with E-state index < -0.39 is 0 Å². The molecule has 5 aromatic rings. The monoisotopic (exact) mass is 555 g/mol. The maximum atomic E-state index is 10.3. The molecule has 3 aromatic carbocycles. The molecular weight excluding hydrogens is 518 g/mol. The third-order valence-corrected chi connectivity index (χ3v) is 9.08. The summed E-state index contributed by atoms with van der Waals surface area (Å²) in [5, 5.41) is 10.3. The number of fused-ring (bicyclic) bond motifs is 3. The Balaban J connectivity index is 1.21. The molecular formula is C35H37N7. The van der Waals surface area contributed by atoms with E-state index in [0.717, 1.165) is 87.6 Å². The van der Waals surface area contributed by atoms with Gasteiger partial charge in [-0.05, 0) is 60.9 Å². The number of aromatic nitrogens is 2. The van der Waals surface area contributed by atoms with Gasteiger partial charge in [-0.1, -0.05) is 48.5 Å². The number of piperazine rings is 2. The fraction of sp³-hybridized carbons (Fsp3) is 0.314. The Kier molecular flexibility index (Phi) is 7.15. The molecule has 2 fully saturated rings. The second kappa shape index (κ2) is 11.4. The van der Waals surface area contributed by atoms with E-state index in [0.29, 0.717) is 5.56 Å². The van der Waals surface area contributed by atoms with Crippen molar-refractivity contribution in [2.24, 2.45) is 0 Å². The lowest BCUT2D eigenvalue weighted by Gasteiger charge is -2.39. The molecule has 7 nitrogen and oxygen atoms in total. The molecule has 0 saturated carbocycles. The van der Waals surface area contributed by atoms with Gasteiger partial charge in [0.05, 0.1) is 16.6 Å². The highest BCUT2D eigenvalue weighted by atomic mass is 15.3. The average molecular weight is 556 g/mol. The predicted octanol–water partition coefficient (Wildman–Crippen LogP) is 5.36. The Morgan fingerprint density at radius 1 is 0.690 bits per heavy atom. The summed E-state index contributed by atoms with van der Waals surface area (Å²) in [7, 11) is 0. The van der Waals surface area contributed by atoms with Crippen LogP contribution in [0.3, 0.4) is 0 Å². The summed E-state index contributed by atoms with van der Waals surface area (Å²) in [6.45, 7) is 11.0. The van der Waals surface area contributed by atoms with Crippen LogP contribution in [0.5, 0.6) is 0 Å². The Bertz CT molecular complexity index is 1720. The highest BCUT2D eigenvalue weighted by Crippen LogP contribution is 2.34. The summed E-state index contributed by atoms with van der Waals surface area (Å²) in [6, 6.07) is 32.3. The molecule has 0 bridgehead atoms. The summed E-state index contributed by atoms with van der Waals surface area (Å²) in [5.74, 6) is 1.21. The SMILES string of the molecule is Cc1c(CCN2CCN(c3ccccc3)CC2)c(N2CCN(c3ccccc3)CC2)n2c(nc3ccccc32)c1C#N. The Hall–Kier alpha value is -4.54. The molecule has 0 N–H and O–H groups in total. The van der Waals surface area contributed by atoms with Crippen molar-refractivity contribution >= 4 is 33.9 Å². The fourth-order valence-corrected chi connectivity index (χ4v) is 6.75. The lowest BCUT2D eigenvalue weighted by Crippen LogP contribution is -2.48. The lowest BCUT2D eigenvalue weighted by atomic mass is 10.00. The van der Waals surface area contributed by atoms with Crippen LogP contribution in [-0.4, -0.2) is 73.2 Å². The average Bonchev–Trinajstić information content (AvgIpc) is 3.44. The first-order chi connectivity index (χ1) is 20.7. The van der Waals surface area contributed by atoms with E-state index in [1.807, 2.05) is 6.07 Å². The Labute approximate surface area is 247 Å². The number of hydrogen-bond donors (Lipinski definition) is 0. The molecule has 0 unspecified atom stereocenters. The van der Waals surface area contributed by atoms with Crippen LogP contribution in [0.4, 0.5) is 17.2 Å². The van der Waals surface area contributed by atoms with Crippen LogP contribution >= 0.6 is 0 Å². The normalized spacial score (nSPS) is 16.3. The van der Waals surface area contributed by atoms with Gasteiger partial charge in [0.25, 0.3) is 0 Å². The van der Waals surface area contributed by atoms with Gasteiger partial charge in [0, 0.05) is 70.3 Å². The van der Waals surface area contributed by atoms with Crippen molar-refractivity contribution < 1.29 is 0 Å². The zero-order valence-corrected chi connectivity index (χ0v) is 24.3. The Morgan fingerprint density at radius 2 is 1.24 bits per heavy atom. The molecule has 2 aliphatic heterocycles. The zero-order valence-electron chi connectivity index (χ0n) is 24.3. The molecule has 0 spiro atoms. The standard InChI is InChI=1S/C35H37N7/c1-27-30(16-17-38-18-20-39(21-19-38)28-10-4-2-5-11-28)35(41-24-22-40(23-25-41)29-12-6-3-7-13-29)42-33-15-9-8-14-32(33)37-34(42)31(27)26-36/h2-15H,16-25H2,1H3. The van der Waals surface area contributed by atoms with Crippen molar-refractivity contribution in [1.29, 1.82) is 5.26 Å². The van der Waals surface area contributed by atoms with Gasteiger partial charge >= 0.3 is 0 Å². The lowest BCUT2D eigenvalue weighted by molar-refractivity contribution is 0.261. The number of para-hydroxylation sites is 4. The van der Waals surface area contributed by atoms with Crippen molar-refractivity contribution in [3.8, 4) is 6.07 Å². The molecule has 7 heteroatoms. The third kappa shape index (κ3) is 4.82. The molecule has 7 rings (SSSR count). The molecule has 0 radical (unpaired) electrons. The van der Waals surface area contributed by atoms with Crippen LogP contribution < -0.4 is 14.7 Å². The van der Waals surface area contributed by atoms with Crippen LogP contribution in [0.25, 0.3) is 16.7 Å². The number of nitrogens with zero attached hydrogens (tertiary/aromatic N) is 7. The van der Waals surface area contributed by atoms with E-state index in [9.17, 15) is 5.26 Å². The van der Waals surface area contributed by atoms with E-state index in [1.54, 1.807) is 0 Å². The molecule has 0 aliphatic carbocycles. The first-order valence-corrected chi connectivity index (χ1v) is 15.1. The first kappa shape index (κ1) is 26.4. The van der Waals surface area contributed by atoms with Crippen LogP contribution in [0.1, 0.15) is 16.7 Å². The van der Waals surface area contributed by atoms with E-state index in [4.69, 9.17) is 4.98 Å². The minimum Gasteiger partial charge on any atom is -0.369 e. The van der Waals surface area contributed by atoms with Crippen molar-refractivity contribution in [2.75, 3.05) is 73.6 Å². The number of rotatable bonds is 6. The maximum absolute atomic E-state index is 10.3. The van der Waals surface area contributed by atoms with E-state index in [-0.39, 0.29) is 0 Å². The highest BCUT2D eigenvalue weighted by molar-refractivity contribution is 5.86. The van der Waals surface area contributed by atoms with Gasteiger partial charge in [0.1, 0.15) is 11.9 Å². The number of pyridine rings is 1. The van der Waals surface area contributed by atoms with Gasteiger partial charge in [0.15, 0.2) is 5.65 Å². The van der Waals surface area contributed by atoms with E-state index >= 15 is 0 Å². The molecule has 4 heterocycles. The second-order valence-corrected chi connectivity index (χ2v) is 11.4. The molecule has 2 aliphatic rings. The van der Waals surface area contributed by atoms with Gasteiger partial charge in [-0.3, -0.25) is 9.30 Å². The van der Waals surface area contributed by atoms with Crippen LogP contribution in [0.15, 0.2) is 84.9 Å². The van der Waals surface area contributed by atoms with E-state index in [2.05, 4.69) is 116 Å². The Morgan fingerprint density at radius 3 is 1.86 bits per heavy atom. The predicted molar refractivity (Wildman–Crippen MR) is 172 cm³/mol. The number of hydrogen-bond acceptors (Lipinski definition) is 6. The van der Waals surface area contributed by atoms with Gasteiger partial charge in [-0.15, -0.1) is 0 Å². The molecule has 0 atom stereocenters. The molecule has 2 aromatic heterocycles. The maximum Gasteiger partial charge on any atom is 0.157 e. The van der Waals surface area contributed by atoms with Gasteiger partial charge in [0.2, 0.25) is 0 Å². The van der Waals surface area contributed by atoms with Gasteiger partial charge in [-0.25, -0.2) is 4.98 Å². The van der Waals surface area contributed by atoms with Crippen molar-refractivity contribution in [1.82, 2.24) is 14.3 Å². The zero-order chi connectivity index (χ0) is 28.5. The van der Waals surface area contributed by atoms with Crippen LogP contribution in [-0.2, 0) is 6.42 Å². The fourth-order valence-electron chi connectivity index (χ4n) is 6.75. The van der Waals surface area contributed by atoms with Crippen LogP contribution in [0, 0.1) is 18.3 Å². The minimum absolute atomic E-state index is 0.696. The summed E-state index contributed by atoms with van der Waals surface area (Å²) in [5.41, 5.74) is 8.42. The van der Waals surface area contributed by atoms with E-state index in [1.165, 1.54) is 22.8 Å². The molecule has 42 heavy (non-hydrogen) atoms.